The second-order valence-electron chi connectivity index (χ2n) is 6.18. The van der Waals surface area contributed by atoms with E-state index in [1.807, 2.05) is 19.2 Å². The number of thioether (sulfide) groups is 1. The molecule has 0 spiro atoms. The highest BCUT2D eigenvalue weighted by Crippen LogP contribution is 2.18. The van der Waals surface area contributed by atoms with Crippen LogP contribution >= 0.6 is 35.7 Å². The zero-order chi connectivity index (χ0) is 18.4. The molecule has 0 saturated heterocycles. The summed E-state index contributed by atoms with van der Waals surface area (Å²) in [5.74, 6) is 3.30. The first-order chi connectivity index (χ1) is 12.7. The molecule has 0 fully saturated rings. The van der Waals surface area contributed by atoms with Crippen LogP contribution in [0.3, 0.4) is 0 Å². The molecule has 9 heteroatoms. The van der Waals surface area contributed by atoms with Gasteiger partial charge in [0.25, 0.3) is 0 Å². The van der Waals surface area contributed by atoms with Crippen LogP contribution in [0.25, 0.3) is 0 Å². The molecule has 1 aliphatic heterocycles. The van der Waals surface area contributed by atoms with Crippen molar-refractivity contribution in [2.45, 2.75) is 45.2 Å². The monoisotopic (exact) mass is 504 g/mol. The lowest BCUT2D eigenvalue weighted by Crippen LogP contribution is -2.37. The molecular formula is C18H26FIN6S. The van der Waals surface area contributed by atoms with E-state index in [1.54, 1.807) is 17.8 Å². The summed E-state index contributed by atoms with van der Waals surface area (Å²) in [5, 5.41) is 15.1. The number of nitrogens with one attached hydrogen (secondary N) is 2. The van der Waals surface area contributed by atoms with Gasteiger partial charge in [-0.05, 0) is 42.9 Å². The van der Waals surface area contributed by atoms with E-state index in [4.69, 9.17) is 0 Å². The van der Waals surface area contributed by atoms with Crippen LogP contribution in [-0.2, 0) is 31.8 Å². The van der Waals surface area contributed by atoms with Gasteiger partial charge in [0.1, 0.15) is 11.6 Å². The van der Waals surface area contributed by atoms with Crippen molar-refractivity contribution in [2.24, 2.45) is 4.99 Å². The van der Waals surface area contributed by atoms with Crippen LogP contribution in [0.2, 0.25) is 0 Å². The minimum Gasteiger partial charge on any atom is -0.357 e. The number of rotatable bonds is 7. The first-order valence-electron chi connectivity index (χ1n) is 8.90. The Morgan fingerprint density at radius 3 is 2.93 bits per heavy atom. The van der Waals surface area contributed by atoms with Crippen molar-refractivity contribution in [1.29, 1.82) is 0 Å². The lowest BCUT2D eigenvalue weighted by atomic mass is 10.1. The lowest BCUT2D eigenvalue weighted by molar-refractivity contribution is 0.625. The third-order valence-corrected chi connectivity index (χ3v) is 4.92. The first kappa shape index (κ1) is 21.9. The van der Waals surface area contributed by atoms with Gasteiger partial charge in [-0.25, -0.2) is 9.38 Å². The van der Waals surface area contributed by atoms with Gasteiger partial charge >= 0.3 is 0 Å². The molecule has 1 aromatic carbocycles. The predicted molar refractivity (Wildman–Crippen MR) is 119 cm³/mol. The number of hydrogen-bond donors (Lipinski definition) is 2. The number of aryl methyl sites for hydroxylation is 1. The molecule has 0 atom stereocenters. The number of benzene rings is 1. The average Bonchev–Trinajstić information content (AvgIpc) is 3.23. The Hall–Kier alpha value is -1.36. The Bertz CT molecular complexity index is 779. The topological polar surface area (TPSA) is 67.1 Å². The fourth-order valence-corrected chi connectivity index (χ4v) is 3.63. The minimum absolute atomic E-state index is 0. The molecule has 6 nitrogen and oxygen atoms in total. The molecule has 148 valence electrons. The SMILES string of the molecule is CCNC(=NCc1ccc(F)cc1CSC)NCc1nnc2n1CCC2.I. The number of halogens is 2. The van der Waals surface area contributed by atoms with Gasteiger partial charge in [0.2, 0.25) is 0 Å². The molecule has 2 aromatic rings. The number of aliphatic imine (C=N–C) groups is 1. The van der Waals surface area contributed by atoms with Crippen LogP contribution in [0.5, 0.6) is 0 Å². The Kier molecular flexibility index (Phi) is 8.81. The molecule has 2 N–H and O–H groups in total. The number of fused-ring (bicyclic) bond motifs is 1. The summed E-state index contributed by atoms with van der Waals surface area (Å²) in [7, 11) is 0. The summed E-state index contributed by atoms with van der Waals surface area (Å²) in [6.07, 6.45) is 4.15. The maximum Gasteiger partial charge on any atom is 0.191 e. The summed E-state index contributed by atoms with van der Waals surface area (Å²) >= 11 is 1.68. The van der Waals surface area contributed by atoms with Gasteiger partial charge in [0, 0.05) is 25.3 Å². The van der Waals surface area contributed by atoms with Crippen LogP contribution < -0.4 is 10.6 Å². The van der Waals surface area contributed by atoms with E-state index in [0.29, 0.717) is 13.1 Å². The van der Waals surface area contributed by atoms with E-state index in [9.17, 15) is 4.39 Å². The van der Waals surface area contributed by atoms with Gasteiger partial charge in [0.15, 0.2) is 11.8 Å². The first-order valence-corrected chi connectivity index (χ1v) is 10.3. The Morgan fingerprint density at radius 1 is 1.30 bits per heavy atom. The summed E-state index contributed by atoms with van der Waals surface area (Å²) in [4.78, 5) is 4.65. The van der Waals surface area contributed by atoms with Crippen LogP contribution in [0.15, 0.2) is 23.2 Å². The quantitative estimate of drug-likeness (QED) is 0.345. The van der Waals surface area contributed by atoms with Crippen molar-refractivity contribution in [3.63, 3.8) is 0 Å². The van der Waals surface area contributed by atoms with E-state index >= 15 is 0 Å². The van der Waals surface area contributed by atoms with Gasteiger partial charge in [-0.3, -0.25) is 0 Å². The number of nitrogens with zero attached hydrogens (tertiary/aromatic N) is 4. The summed E-state index contributed by atoms with van der Waals surface area (Å²) in [5.41, 5.74) is 2.04. The van der Waals surface area contributed by atoms with E-state index in [2.05, 4.69) is 30.4 Å². The third-order valence-electron chi connectivity index (χ3n) is 4.32. The zero-order valence-corrected chi connectivity index (χ0v) is 18.8. The Balaban J connectivity index is 0.00000261. The van der Waals surface area contributed by atoms with Crippen molar-refractivity contribution in [3.8, 4) is 0 Å². The van der Waals surface area contributed by atoms with Gasteiger partial charge in [-0.1, -0.05) is 6.07 Å². The van der Waals surface area contributed by atoms with Gasteiger partial charge < -0.3 is 15.2 Å². The summed E-state index contributed by atoms with van der Waals surface area (Å²) in [6.45, 7) is 4.87. The molecule has 0 amide bonds. The molecule has 0 aliphatic carbocycles. The lowest BCUT2D eigenvalue weighted by Gasteiger charge is -2.12. The van der Waals surface area contributed by atoms with Gasteiger partial charge in [-0.2, -0.15) is 11.8 Å². The van der Waals surface area contributed by atoms with Crippen molar-refractivity contribution in [3.05, 3.63) is 46.8 Å². The van der Waals surface area contributed by atoms with Crippen molar-refractivity contribution in [1.82, 2.24) is 25.4 Å². The summed E-state index contributed by atoms with van der Waals surface area (Å²) in [6, 6.07) is 4.91. The molecule has 3 rings (SSSR count). The van der Waals surface area contributed by atoms with Crippen molar-refractivity contribution < 1.29 is 4.39 Å². The van der Waals surface area contributed by atoms with E-state index in [1.165, 1.54) is 6.07 Å². The normalized spacial score (nSPS) is 13.2. The summed E-state index contributed by atoms with van der Waals surface area (Å²) < 4.78 is 15.7. The van der Waals surface area contributed by atoms with Crippen LogP contribution in [0, 0.1) is 5.82 Å². The Labute approximate surface area is 180 Å². The second-order valence-corrected chi connectivity index (χ2v) is 7.05. The van der Waals surface area contributed by atoms with Crippen molar-refractivity contribution >= 4 is 41.7 Å². The highest BCUT2D eigenvalue weighted by atomic mass is 127. The predicted octanol–water partition coefficient (Wildman–Crippen LogP) is 3.10. The molecule has 0 saturated carbocycles. The van der Waals surface area contributed by atoms with Crippen molar-refractivity contribution in [2.75, 3.05) is 12.8 Å². The molecule has 0 unspecified atom stereocenters. The van der Waals surface area contributed by atoms with E-state index in [-0.39, 0.29) is 29.8 Å². The molecule has 1 aliphatic rings. The fourth-order valence-electron chi connectivity index (χ4n) is 3.05. The second kappa shape index (κ2) is 10.8. The van der Waals surface area contributed by atoms with Crippen LogP contribution in [0.4, 0.5) is 4.39 Å². The van der Waals surface area contributed by atoms with Gasteiger partial charge in [-0.15, -0.1) is 34.2 Å². The van der Waals surface area contributed by atoms with Crippen LogP contribution in [-0.4, -0.2) is 33.5 Å². The highest BCUT2D eigenvalue weighted by Gasteiger charge is 2.17. The third kappa shape index (κ3) is 5.81. The molecule has 1 aromatic heterocycles. The minimum atomic E-state index is -0.201. The highest BCUT2D eigenvalue weighted by molar-refractivity contribution is 14.0. The smallest absolute Gasteiger partial charge is 0.191 e. The fraction of sp³-hybridized carbons (Fsp3) is 0.500. The number of hydrogen-bond acceptors (Lipinski definition) is 4. The Morgan fingerprint density at radius 2 is 2.15 bits per heavy atom. The molecule has 0 radical (unpaired) electrons. The molecule has 27 heavy (non-hydrogen) atoms. The maximum absolute atomic E-state index is 13.5. The molecular weight excluding hydrogens is 478 g/mol. The maximum atomic E-state index is 13.5. The van der Waals surface area contributed by atoms with Gasteiger partial charge in [0.05, 0.1) is 13.1 Å². The van der Waals surface area contributed by atoms with E-state index < -0.39 is 0 Å². The molecule has 2 heterocycles. The van der Waals surface area contributed by atoms with Crippen LogP contribution in [0.1, 0.15) is 36.1 Å². The largest absolute Gasteiger partial charge is 0.357 e. The number of aromatic nitrogens is 3. The standard InChI is InChI=1S/C18H25FN6S.HI/c1-3-20-18(22-11-17-24-23-16-5-4-8-25(16)17)21-10-13-6-7-15(19)9-14(13)12-26-2;/h6-7,9H,3-5,8,10-12H2,1-2H3,(H2,20,21,22);1H. The zero-order valence-electron chi connectivity index (χ0n) is 15.7. The molecule has 0 bridgehead atoms. The van der Waals surface area contributed by atoms with E-state index in [0.717, 1.165) is 60.4 Å². The average molecular weight is 504 g/mol. The number of guanidine groups is 1.